The Balaban J connectivity index is 2.61. The Hall–Kier alpha value is -2.48. The van der Waals surface area contributed by atoms with Gasteiger partial charge in [-0.15, -0.1) is 6.42 Å². The van der Waals surface area contributed by atoms with E-state index < -0.39 is 0 Å². The van der Waals surface area contributed by atoms with E-state index in [1.807, 2.05) is 19.1 Å². The average molecular weight is 300 g/mol. The molecule has 0 aliphatic heterocycles. The summed E-state index contributed by atoms with van der Waals surface area (Å²) >= 11 is 0. The normalized spacial score (nSPS) is 12.2. The van der Waals surface area contributed by atoms with Crippen molar-refractivity contribution in [2.75, 3.05) is 18.4 Å². The maximum absolute atomic E-state index is 12.0. The maximum atomic E-state index is 12.0. The topological polar surface area (TPSA) is 65.5 Å². The second-order valence-electron chi connectivity index (χ2n) is 4.92. The summed E-state index contributed by atoms with van der Waals surface area (Å²) in [5, 5.41) is 9.14. The number of guanidine groups is 1. The third kappa shape index (κ3) is 6.31. The number of benzene rings is 1. The van der Waals surface area contributed by atoms with Gasteiger partial charge in [-0.1, -0.05) is 18.9 Å². The first-order chi connectivity index (χ1) is 10.6. The molecule has 5 heteroatoms. The minimum atomic E-state index is -0.185. The summed E-state index contributed by atoms with van der Waals surface area (Å²) in [7, 11) is 0. The van der Waals surface area contributed by atoms with Crippen molar-refractivity contribution in [3.63, 3.8) is 0 Å². The Labute approximate surface area is 132 Å². The number of aliphatic imine (C=N–C) groups is 1. The molecule has 0 saturated heterocycles. The number of rotatable bonds is 6. The second kappa shape index (κ2) is 9.46. The molecule has 1 aromatic rings. The van der Waals surface area contributed by atoms with E-state index in [2.05, 4.69) is 40.7 Å². The maximum Gasteiger partial charge on any atom is 0.246 e. The Bertz CT molecular complexity index is 560. The molecule has 3 N–H and O–H groups in total. The minimum absolute atomic E-state index is 0.0477. The van der Waals surface area contributed by atoms with Gasteiger partial charge in [-0.05, 0) is 38.5 Å². The molecule has 1 aromatic carbocycles. The van der Waals surface area contributed by atoms with E-state index in [0.717, 1.165) is 18.5 Å². The molecule has 1 atom stereocenters. The molecular formula is C17H24N4O. The van der Waals surface area contributed by atoms with E-state index in [9.17, 15) is 4.79 Å². The highest BCUT2D eigenvalue weighted by molar-refractivity contribution is 5.94. The van der Waals surface area contributed by atoms with Crippen LogP contribution >= 0.6 is 0 Å². The van der Waals surface area contributed by atoms with Crippen molar-refractivity contribution in [3.05, 3.63) is 29.8 Å². The number of hydrogen-bond acceptors (Lipinski definition) is 2. The Morgan fingerprint density at radius 1 is 1.41 bits per heavy atom. The Morgan fingerprint density at radius 2 is 2.18 bits per heavy atom. The molecule has 1 amide bonds. The van der Waals surface area contributed by atoms with Crippen molar-refractivity contribution in [2.24, 2.45) is 4.99 Å². The predicted molar refractivity (Wildman–Crippen MR) is 91.9 cm³/mol. The summed E-state index contributed by atoms with van der Waals surface area (Å²) in [5.74, 6) is 2.99. The number of hydrogen-bond donors (Lipinski definition) is 3. The number of terminal acetylenes is 1. The van der Waals surface area contributed by atoms with Crippen LogP contribution in [-0.4, -0.2) is 31.0 Å². The molecule has 118 valence electrons. The van der Waals surface area contributed by atoms with Crippen LogP contribution in [-0.2, 0) is 4.79 Å². The Kier molecular flexibility index (Phi) is 7.55. The van der Waals surface area contributed by atoms with Crippen molar-refractivity contribution < 1.29 is 4.79 Å². The van der Waals surface area contributed by atoms with Gasteiger partial charge in [-0.3, -0.25) is 4.79 Å². The van der Waals surface area contributed by atoms with Crippen LogP contribution in [0.2, 0.25) is 0 Å². The highest BCUT2D eigenvalue weighted by Gasteiger charge is 2.05. The standard InChI is InChI=1S/C17H24N4O/c1-5-13(4)20-17(18-7-3)19-12-16(22)21-15-10-8-9-14(6-2)11-15/h2,8-11,13H,5,7,12H2,1,3-4H3,(H,21,22)(H2,18,19,20). The van der Waals surface area contributed by atoms with Gasteiger partial charge < -0.3 is 16.0 Å². The molecule has 0 radical (unpaired) electrons. The van der Waals surface area contributed by atoms with Crippen LogP contribution in [0.3, 0.4) is 0 Å². The number of anilines is 1. The molecule has 0 fully saturated rings. The van der Waals surface area contributed by atoms with Crippen LogP contribution in [0.5, 0.6) is 0 Å². The predicted octanol–water partition coefficient (Wildman–Crippen LogP) is 1.96. The minimum Gasteiger partial charge on any atom is -0.357 e. The van der Waals surface area contributed by atoms with Crippen LogP contribution in [0, 0.1) is 12.3 Å². The van der Waals surface area contributed by atoms with Gasteiger partial charge >= 0.3 is 0 Å². The van der Waals surface area contributed by atoms with Gasteiger partial charge in [0.25, 0.3) is 0 Å². The van der Waals surface area contributed by atoms with Gasteiger partial charge in [0.05, 0.1) is 0 Å². The molecule has 0 bridgehead atoms. The second-order valence-corrected chi connectivity index (χ2v) is 4.92. The van der Waals surface area contributed by atoms with Gasteiger partial charge in [0, 0.05) is 23.8 Å². The van der Waals surface area contributed by atoms with Crippen molar-refractivity contribution in [1.82, 2.24) is 10.6 Å². The van der Waals surface area contributed by atoms with Gasteiger partial charge in [-0.2, -0.15) is 0 Å². The lowest BCUT2D eigenvalue weighted by Gasteiger charge is -2.16. The third-order valence-electron chi connectivity index (χ3n) is 3.03. The number of amides is 1. The molecular weight excluding hydrogens is 276 g/mol. The zero-order valence-electron chi connectivity index (χ0n) is 13.4. The van der Waals surface area contributed by atoms with Crippen molar-refractivity contribution in [2.45, 2.75) is 33.2 Å². The van der Waals surface area contributed by atoms with Crippen LogP contribution in [0.15, 0.2) is 29.3 Å². The van der Waals surface area contributed by atoms with Crippen LogP contribution in [0.4, 0.5) is 5.69 Å². The van der Waals surface area contributed by atoms with Crippen LogP contribution in [0.1, 0.15) is 32.8 Å². The third-order valence-corrected chi connectivity index (χ3v) is 3.03. The largest absolute Gasteiger partial charge is 0.357 e. The molecule has 0 aromatic heterocycles. The lowest BCUT2D eigenvalue weighted by Crippen LogP contribution is -2.42. The summed E-state index contributed by atoms with van der Waals surface area (Å²) in [6.45, 7) is 6.93. The quantitative estimate of drug-likeness (QED) is 0.427. The average Bonchev–Trinajstić information content (AvgIpc) is 2.52. The summed E-state index contributed by atoms with van der Waals surface area (Å²) in [6, 6.07) is 7.47. The number of nitrogens with one attached hydrogen (secondary N) is 3. The van der Waals surface area contributed by atoms with E-state index >= 15 is 0 Å². The lowest BCUT2D eigenvalue weighted by molar-refractivity contribution is -0.114. The molecule has 22 heavy (non-hydrogen) atoms. The molecule has 5 nitrogen and oxygen atoms in total. The van der Waals surface area contributed by atoms with E-state index in [1.54, 1.807) is 12.1 Å². The monoisotopic (exact) mass is 300 g/mol. The lowest BCUT2D eigenvalue weighted by atomic mass is 10.2. The molecule has 0 aliphatic carbocycles. The van der Waals surface area contributed by atoms with E-state index in [0.29, 0.717) is 17.7 Å². The van der Waals surface area contributed by atoms with Crippen LogP contribution in [0.25, 0.3) is 0 Å². The van der Waals surface area contributed by atoms with Gasteiger partial charge in [0.1, 0.15) is 6.54 Å². The number of carbonyl (C=O) groups excluding carboxylic acids is 1. The fourth-order valence-electron chi connectivity index (χ4n) is 1.69. The summed E-state index contributed by atoms with van der Waals surface area (Å²) in [5.41, 5.74) is 1.41. The molecule has 1 unspecified atom stereocenters. The van der Waals surface area contributed by atoms with Gasteiger partial charge in [0.2, 0.25) is 5.91 Å². The summed E-state index contributed by atoms with van der Waals surface area (Å²) in [4.78, 5) is 16.2. The van der Waals surface area contributed by atoms with Crippen molar-refractivity contribution in [3.8, 4) is 12.3 Å². The summed E-state index contributed by atoms with van der Waals surface area (Å²) < 4.78 is 0. The summed E-state index contributed by atoms with van der Waals surface area (Å²) in [6.07, 6.45) is 6.32. The zero-order valence-corrected chi connectivity index (χ0v) is 13.4. The van der Waals surface area contributed by atoms with Gasteiger partial charge in [-0.25, -0.2) is 4.99 Å². The molecule has 0 aliphatic rings. The van der Waals surface area contributed by atoms with E-state index in [-0.39, 0.29) is 12.5 Å². The SMILES string of the molecule is C#Cc1cccc(NC(=O)CN=C(NCC)NC(C)CC)c1. The first kappa shape index (κ1) is 17.6. The highest BCUT2D eigenvalue weighted by Crippen LogP contribution is 2.09. The molecule has 0 spiro atoms. The van der Waals surface area contributed by atoms with E-state index in [4.69, 9.17) is 6.42 Å². The van der Waals surface area contributed by atoms with Crippen molar-refractivity contribution >= 4 is 17.6 Å². The molecule has 1 rings (SSSR count). The number of nitrogens with zero attached hydrogens (tertiary/aromatic N) is 1. The van der Waals surface area contributed by atoms with E-state index in [1.165, 1.54) is 0 Å². The van der Waals surface area contributed by atoms with Crippen LogP contribution < -0.4 is 16.0 Å². The smallest absolute Gasteiger partial charge is 0.246 e. The van der Waals surface area contributed by atoms with Crippen molar-refractivity contribution in [1.29, 1.82) is 0 Å². The highest BCUT2D eigenvalue weighted by atomic mass is 16.1. The first-order valence-corrected chi connectivity index (χ1v) is 7.50. The molecule has 0 saturated carbocycles. The molecule has 0 heterocycles. The first-order valence-electron chi connectivity index (χ1n) is 7.50. The zero-order chi connectivity index (χ0) is 16.4. The number of carbonyl (C=O) groups is 1. The fourth-order valence-corrected chi connectivity index (χ4v) is 1.69. The fraction of sp³-hybridized carbons (Fsp3) is 0.412. The Morgan fingerprint density at radius 3 is 2.82 bits per heavy atom. The van der Waals surface area contributed by atoms with Gasteiger partial charge in [0.15, 0.2) is 5.96 Å².